The summed E-state index contributed by atoms with van der Waals surface area (Å²) in [5.41, 5.74) is 0.983. The minimum Gasteiger partial charge on any atom is -0.207 e. The quantitative estimate of drug-likeness (QED) is 0.720. The predicted molar refractivity (Wildman–Crippen MR) is 62.3 cm³/mol. The maximum absolute atomic E-state index is 13.0. The van der Waals surface area contributed by atoms with Gasteiger partial charge in [0.2, 0.25) is 0 Å². The summed E-state index contributed by atoms with van der Waals surface area (Å²) in [6, 6.07) is 4.94. The molecule has 0 nitrogen and oxygen atoms in total. The second-order valence-electron chi connectivity index (χ2n) is 4.25. The highest BCUT2D eigenvalue weighted by molar-refractivity contribution is 9.10. The van der Waals surface area contributed by atoms with Crippen LogP contribution in [0.4, 0.5) is 4.39 Å². The van der Waals surface area contributed by atoms with Crippen LogP contribution in [0.1, 0.15) is 19.4 Å². The first-order chi connectivity index (χ1) is 6.43. The molecule has 0 heterocycles. The van der Waals surface area contributed by atoms with Crippen LogP contribution in [0.3, 0.4) is 0 Å². The van der Waals surface area contributed by atoms with Crippen LogP contribution in [0.15, 0.2) is 22.7 Å². The molecule has 1 rings (SSSR count). The number of benzene rings is 1. The molecule has 3 heteroatoms. The molecular weight excluding hydrogens is 266 g/mol. The van der Waals surface area contributed by atoms with Gasteiger partial charge in [-0.2, -0.15) is 0 Å². The van der Waals surface area contributed by atoms with Crippen molar-refractivity contribution in [2.24, 2.45) is 5.41 Å². The summed E-state index contributed by atoms with van der Waals surface area (Å²) < 4.78 is 13.8. The van der Waals surface area contributed by atoms with Crippen LogP contribution in [0, 0.1) is 11.2 Å². The molecule has 0 saturated carbocycles. The number of rotatable bonds is 3. The molecule has 0 N–H and O–H groups in total. The molecule has 0 amide bonds. The molecule has 0 spiro atoms. The Morgan fingerprint density at radius 1 is 1.36 bits per heavy atom. The summed E-state index contributed by atoms with van der Waals surface area (Å²) in [5.74, 6) is 0.362. The summed E-state index contributed by atoms with van der Waals surface area (Å²) in [6.45, 7) is 4.14. The Labute approximate surface area is 97.6 Å². The fraction of sp³-hybridized carbons (Fsp3) is 0.455. The molecule has 0 aliphatic heterocycles. The largest absolute Gasteiger partial charge is 0.207 e. The van der Waals surface area contributed by atoms with Crippen LogP contribution in [0.25, 0.3) is 0 Å². The van der Waals surface area contributed by atoms with Gasteiger partial charge in [0.25, 0.3) is 0 Å². The van der Waals surface area contributed by atoms with Gasteiger partial charge in [-0.25, -0.2) is 4.39 Å². The zero-order valence-electron chi connectivity index (χ0n) is 8.28. The average molecular weight is 280 g/mol. The van der Waals surface area contributed by atoms with Crippen molar-refractivity contribution in [3.63, 3.8) is 0 Å². The van der Waals surface area contributed by atoms with Crippen LogP contribution in [-0.2, 0) is 6.42 Å². The first kappa shape index (κ1) is 12.0. The van der Waals surface area contributed by atoms with Crippen molar-refractivity contribution in [3.8, 4) is 0 Å². The van der Waals surface area contributed by atoms with Gasteiger partial charge in [-0.05, 0) is 35.6 Å². The van der Waals surface area contributed by atoms with E-state index in [0.717, 1.165) is 16.5 Å². The van der Waals surface area contributed by atoms with E-state index in [4.69, 9.17) is 11.6 Å². The zero-order chi connectivity index (χ0) is 10.8. The van der Waals surface area contributed by atoms with Crippen LogP contribution < -0.4 is 0 Å². The van der Waals surface area contributed by atoms with Crippen LogP contribution >= 0.6 is 27.5 Å². The fourth-order valence-electron chi connectivity index (χ4n) is 1.31. The Kier molecular flexibility index (Phi) is 3.96. The maximum Gasteiger partial charge on any atom is 0.124 e. The van der Waals surface area contributed by atoms with E-state index in [2.05, 4.69) is 29.8 Å². The van der Waals surface area contributed by atoms with E-state index in [9.17, 15) is 4.39 Å². The van der Waals surface area contributed by atoms with Gasteiger partial charge in [0.05, 0.1) is 0 Å². The number of halogens is 3. The minimum atomic E-state index is -0.209. The first-order valence-electron chi connectivity index (χ1n) is 4.44. The molecule has 0 bridgehead atoms. The Hall–Kier alpha value is -0.0800. The highest BCUT2D eigenvalue weighted by Gasteiger charge is 2.17. The van der Waals surface area contributed by atoms with Crippen molar-refractivity contribution >= 4 is 27.5 Å². The van der Waals surface area contributed by atoms with E-state index < -0.39 is 0 Å². The fourth-order valence-corrected chi connectivity index (χ4v) is 1.92. The van der Waals surface area contributed by atoms with Crippen LogP contribution in [-0.4, -0.2) is 5.88 Å². The Morgan fingerprint density at radius 3 is 2.50 bits per heavy atom. The van der Waals surface area contributed by atoms with Gasteiger partial charge in [-0.15, -0.1) is 11.6 Å². The van der Waals surface area contributed by atoms with Crippen molar-refractivity contribution in [1.29, 1.82) is 0 Å². The molecule has 0 atom stereocenters. The van der Waals surface area contributed by atoms with Crippen molar-refractivity contribution in [2.75, 3.05) is 5.88 Å². The monoisotopic (exact) mass is 278 g/mol. The SMILES string of the molecule is CC(C)(CCl)Cc1cc(F)cc(Br)c1. The molecule has 0 aliphatic rings. The highest BCUT2D eigenvalue weighted by atomic mass is 79.9. The Balaban J connectivity index is 2.87. The van der Waals surface area contributed by atoms with E-state index in [1.54, 1.807) is 6.07 Å². The lowest BCUT2D eigenvalue weighted by Crippen LogP contribution is -2.16. The van der Waals surface area contributed by atoms with Gasteiger partial charge < -0.3 is 0 Å². The third-order valence-corrected chi connectivity index (χ3v) is 3.15. The van der Waals surface area contributed by atoms with E-state index >= 15 is 0 Å². The van der Waals surface area contributed by atoms with Crippen molar-refractivity contribution in [3.05, 3.63) is 34.1 Å². The molecule has 14 heavy (non-hydrogen) atoms. The van der Waals surface area contributed by atoms with Gasteiger partial charge >= 0.3 is 0 Å². The van der Waals surface area contributed by atoms with Crippen molar-refractivity contribution < 1.29 is 4.39 Å². The molecule has 1 aromatic carbocycles. The van der Waals surface area contributed by atoms with Crippen LogP contribution in [0.2, 0.25) is 0 Å². The molecule has 78 valence electrons. The Bertz CT molecular complexity index is 303. The standard InChI is InChI=1S/C11H13BrClF/c1-11(2,7-13)6-8-3-9(12)5-10(14)4-8/h3-5H,6-7H2,1-2H3. The summed E-state index contributed by atoms with van der Waals surface area (Å²) in [5, 5.41) is 0. The summed E-state index contributed by atoms with van der Waals surface area (Å²) in [6.07, 6.45) is 0.785. The molecule has 0 aromatic heterocycles. The smallest absolute Gasteiger partial charge is 0.124 e. The third-order valence-electron chi connectivity index (χ3n) is 1.97. The molecule has 0 aliphatic carbocycles. The Morgan fingerprint density at radius 2 is 2.00 bits per heavy atom. The second-order valence-corrected chi connectivity index (χ2v) is 5.44. The first-order valence-corrected chi connectivity index (χ1v) is 5.77. The van der Waals surface area contributed by atoms with E-state index in [-0.39, 0.29) is 11.2 Å². The molecule has 0 fully saturated rings. The van der Waals surface area contributed by atoms with Crippen molar-refractivity contribution in [2.45, 2.75) is 20.3 Å². The van der Waals surface area contributed by atoms with Crippen molar-refractivity contribution in [1.82, 2.24) is 0 Å². The molecular formula is C11H13BrClF. The van der Waals surface area contributed by atoms with Gasteiger partial charge in [0.15, 0.2) is 0 Å². The lowest BCUT2D eigenvalue weighted by Gasteiger charge is -2.21. The predicted octanol–water partition coefficient (Wildman–Crippen LogP) is 4.40. The lowest BCUT2D eigenvalue weighted by molar-refractivity contribution is 0.417. The van der Waals surface area contributed by atoms with Gasteiger partial charge in [-0.1, -0.05) is 29.8 Å². The number of hydrogen-bond donors (Lipinski definition) is 0. The maximum atomic E-state index is 13.0. The van der Waals surface area contributed by atoms with Gasteiger partial charge in [-0.3, -0.25) is 0 Å². The summed E-state index contributed by atoms with van der Waals surface area (Å²) >= 11 is 9.09. The second kappa shape index (κ2) is 4.63. The van der Waals surface area contributed by atoms with Gasteiger partial charge in [0, 0.05) is 10.4 Å². The lowest BCUT2D eigenvalue weighted by atomic mass is 9.88. The van der Waals surface area contributed by atoms with E-state index in [0.29, 0.717) is 5.88 Å². The highest BCUT2D eigenvalue weighted by Crippen LogP contribution is 2.25. The minimum absolute atomic E-state index is 0.00872. The zero-order valence-corrected chi connectivity index (χ0v) is 10.6. The summed E-state index contributed by atoms with van der Waals surface area (Å²) in [7, 11) is 0. The molecule has 0 saturated heterocycles. The molecule has 0 unspecified atom stereocenters. The topological polar surface area (TPSA) is 0 Å². The molecule has 1 aromatic rings. The van der Waals surface area contributed by atoms with Gasteiger partial charge in [0.1, 0.15) is 5.82 Å². The molecule has 0 radical (unpaired) electrons. The summed E-state index contributed by atoms with van der Waals surface area (Å²) in [4.78, 5) is 0. The van der Waals surface area contributed by atoms with E-state index in [1.807, 2.05) is 6.07 Å². The number of alkyl halides is 1. The average Bonchev–Trinajstić information content (AvgIpc) is 2.01. The number of hydrogen-bond acceptors (Lipinski definition) is 0. The normalized spacial score (nSPS) is 11.8. The third kappa shape index (κ3) is 3.58. The van der Waals surface area contributed by atoms with Crippen LogP contribution in [0.5, 0.6) is 0 Å². The van der Waals surface area contributed by atoms with E-state index in [1.165, 1.54) is 6.07 Å².